The number of hydrogen-bond donors (Lipinski definition) is 1. The highest BCUT2D eigenvalue weighted by molar-refractivity contribution is 5.62. The van der Waals surface area contributed by atoms with Gasteiger partial charge in [-0.05, 0) is 63.4 Å². The summed E-state index contributed by atoms with van der Waals surface area (Å²) in [5.41, 5.74) is 7.90. The number of piperidine rings is 1. The first-order valence-electron chi connectivity index (χ1n) is 7.90. The predicted molar refractivity (Wildman–Crippen MR) is 87.2 cm³/mol. The van der Waals surface area contributed by atoms with Gasteiger partial charge in [0.05, 0.1) is 19.9 Å². The van der Waals surface area contributed by atoms with Crippen LogP contribution in [0.2, 0.25) is 0 Å². The van der Waals surface area contributed by atoms with Gasteiger partial charge in [-0.25, -0.2) is 0 Å². The Kier molecular flexibility index (Phi) is 5.74. The number of rotatable bonds is 6. The van der Waals surface area contributed by atoms with Crippen LogP contribution in [0.4, 0.5) is 5.69 Å². The molecule has 2 rings (SSSR count). The normalized spacial score (nSPS) is 19.5. The van der Waals surface area contributed by atoms with E-state index in [4.69, 9.17) is 15.2 Å². The zero-order valence-electron chi connectivity index (χ0n) is 13.5. The first-order chi connectivity index (χ1) is 10.2. The third-order valence-electron chi connectivity index (χ3n) is 4.42. The van der Waals surface area contributed by atoms with Gasteiger partial charge in [0.2, 0.25) is 0 Å². The molecule has 21 heavy (non-hydrogen) atoms. The SMILES string of the molecule is COc1cc(CCCN2CCCCC2C)cc(N)c1OC. The van der Waals surface area contributed by atoms with E-state index in [0.717, 1.165) is 31.2 Å². The molecule has 0 spiro atoms. The lowest BCUT2D eigenvalue weighted by Crippen LogP contribution is -2.38. The van der Waals surface area contributed by atoms with Crippen LogP contribution >= 0.6 is 0 Å². The first kappa shape index (κ1) is 16.0. The largest absolute Gasteiger partial charge is 0.493 e. The van der Waals surface area contributed by atoms with Crippen LogP contribution in [-0.2, 0) is 6.42 Å². The minimum absolute atomic E-state index is 0.630. The fourth-order valence-electron chi connectivity index (χ4n) is 3.17. The fraction of sp³-hybridized carbons (Fsp3) is 0.647. The summed E-state index contributed by atoms with van der Waals surface area (Å²) in [7, 11) is 3.27. The van der Waals surface area contributed by atoms with Gasteiger partial charge < -0.3 is 20.1 Å². The molecule has 1 aliphatic rings. The van der Waals surface area contributed by atoms with E-state index in [1.807, 2.05) is 12.1 Å². The zero-order valence-corrected chi connectivity index (χ0v) is 13.5. The molecular formula is C17H28N2O2. The van der Waals surface area contributed by atoms with Gasteiger partial charge in [0.25, 0.3) is 0 Å². The van der Waals surface area contributed by atoms with Gasteiger partial charge in [-0.3, -0.25) is 0 Å². The average Bonchev–Trinajstić information content (AvgIpc) is 2.48. The smallest absolute Gasteiger partial charge is 0.183 e. The Labute approximate surface area is 128 Å². The van der Waals surface area contributed by atoms with Crippen molar-refractivity contribution in [2.24, 2.45) is 0 Å². The molecule has 0 amide bonds. The van der Waals surface area contributed by atoms with Crippen LogP contribution in [0.5, 0.6) is 11.5 Å². The molecule has 1 heterocycles. The Hall–Kier alpha value is -1.42. The van der Waals surface area contributed by atoms with E-state index in [1.165, 1.54) is 31.4 Å². The Balaban J connectivity index is 1.92. The van der Waals surface area contributed by atoms with Crippen molar-refractivity contribution in [3.63, 3.8) is 0 Å². The van der Waals surface area contributed by atoms with Gasteiger partial charge in [0.1, 0.15) is 0 Å². The van der Waals surface area contributed by atoms with Crippen molar-refractivity contribution in [1.29, 1.82) is 0 Å². The van der Waals surface area contributed by atoms with E-state index >= 15 is 0 Å². The Bertz CT molecular complexity index is 462. The van der Waals surface area contributed by atoms with Crippen molar-refractivity contribution in [2.45, 2.75) is 45.1 Å². The number of nitrogens with two attached hydrogens (primary N) is 1. The lowest BCUT2D eigenvalue weighted by Gasteiger charge is -2.33. The van der Waals surface area contributed by atoms with Crippen LogP contribution in [0.1, 0.15) is 38.2 Å². The molecule has 0 radical (unpaired) electrons. The maximum absolute atomic E-state index is 6.03. The number of methoxy groups -OCH3 is 2. The van der Waals surface area contributed by atoms with Crippen molar-refractivity contribution in [3.8, 4) is 11.5 Å². The highest BCUT2D eigenvalue weighted by Crippen LogP contribution is 2.34. The second kappa shape index (κ2) is 7.55. The number of anilines is 1. The quantitative estimate of drug-likeness (QED) is 0.819. The molecule has 2 N–H and O–H groups in total. The maximum atomic E-state index is 6.03. The number of nitrogens with zero attached hydrogens (tertiary/aromatic N) is 1. The number of benzene rings is 1. The van der Waals surface area contributed by atoms with Gasteiger partial charge in [0, 0.05) is 6.04 Å². The standard InChI is InChI=1S/C17H28N2O2/c1-13-7-4-5-9-19(13)10-6-8-14-11-15(18)17(21-3)16(12-14)20-2/h11-13H,4-10,18H2,1-3H3. The average molecular weight is 292 g/mol. The molecule has 0 aromatic heterocycles. The van der Waals surface area contributed by atoms with E-state index in [9.17, 15) is 0 Å². The zero-order chi connectivity index (χ0) is 15.2. The lowest BCUT2D eigenvalue weighted by atomic mass is 10.0. The third-order valence-corrected chi connectivity index (χ3v) is 4.42. The van der Waals surface area contributed by atoms with Crippen LogP contribution in [0.25, 0.3) is 0 Å². The summed E-state index contributed by atoms with van der Waals surface area (Å²) in [5, 5.41) is 0. The van der Waals surface area contributed by atoms with E-state index in [-0.39, 0.29) is 0 Å². The highest BCUT2D eigenvalue weighted by atomic mass is 16.5. The summed E-state index contributed by atoms with van der Waals surface area (Å²) in [6.45, 7) is 4.75. The Morgan fingerprint density at radius 1 is 1.24 bits per heavy atom. The van der Waals surface area contributed by atoms with Crippen molar-refractivity contribution in [3.05, 3.63) is 17.7 Å². The number of ether oxygens (including phenoxy) is 2. The monoisotopic (exact) mass is 292 g/mol. The Morgan fingerprint density at radius 3 is 2.71 bits per heavy atom. The molecule has 0 aliphatic carbocycles. The second-order valence-corrected chi connectivity index (χ2v) is 5.90. The molecule has 1 unspecified atom stereocenters. The second-order valence-electron chi connectivity index (χ2n) is 5.90. The molecule has 1 atom stereocenters. The summed E-state index contributed by atoms with van der Waals surface area (Å²) >= 11 is 0. The summed E-state index contributed by atoms with van der Waals surface area (Å²) in [6, 6.07) is 4.77. The van der Waals surface area contributed by atoms with E-state index in [2.05, 4.69) is 11.8 Å². The van der Waals surface area contributed by atoms with Crippen LogP contribution < -0.4 is 15.2 Å². The molecule has 4 heteroatoms. The minimum Gasteiger partial charge on any atom is -0.493 e. The number of nitrogen functional groups attached to an aromatic ring is 1. The first-order valence-corrected chi connectivity index (χ1v) is 7.90. The molecule has 1 fully saturated rings. The van der Waals surface area contributed by atoms with Gasteiger partial charge in [-0.2, -0.15) is 0 Å². The van der Waals surface area contributed by atoms with Crippen LogP contribution in [0, 0.1) is 0 Å². The summed E-state index contributed by atoms with van der Waals surface area (Å²) in [5.74, 6) is 1.35. The van der Waals surface area contributed by atoms with Crippen LogP contribution in [-0.4, -0.2) is 38.3 Å². The van der Waals surface area contributed by atoms with Crippen LogP contribution in [0.15, 0.2) is 12.1 Å². The highest BCUT2D eigenvalue weighted by Gasteiger charge is 2.17. The number of hydrogen-bond acceptors (Lipinski definition) is 4. The molecule has 1 aromatic carbocycles. The van der Waals surface area contributed by atoms with Gasteiger partial charge in [0.15, 0.2) is 11.5 Å². The topological polar surface area (TPSA) is 47.7 Å². The third kappa shape index (κ3) is 4.03. The van der Waals surface area contributed by atoms with E-state index in [0.29, 0.717) is 11.4 Å². The summed E-state index contributed by atoms with van der Waals surface area (Å²) in [4.78, 5) is 2.60. The molecule has 118 valence electrons. The van der Waals surface area contributed by atoms with E-state index in [1.54, 1.807) is 14.2 Å². The van der Waals surface area contributed by atoms with Crippen molar-refractivity contribution in [2.75, 3.05) is 33.0 Å². The molecule has 1 aliphatic heterocycles. The van der Waals surface area contributed by atoms with E-state index < -0.39 is 0 Å². The molecule has 1 saturated heterocycles. The van der Waals surface area contributed by atoms with Gasteiger partial charge in [-0.15, -0.1) is 0 Å². The molecular weight excluding hydrogens is 264 g/mol. The van der Waals surface area contributed by atoms with Crippen molar-refractivity contribution >= 4 is 5.69 Å². The molecule has 4 nitrogen and oxygen atoms in total. The van der Waals surface area contributed by atoms with Crippen LogP contribution in [0.3, 0.4) is 0 Å². The number of likely N-dealkylation sites (tertiary alicyclic amines) is 1. The molecule has 1 aromatic rings. The fourth-order valence-corrected chi connectivity index (χ4v) is 3.17. The maximum Gasteiger partial charge on any atom is 0.183 e. The molecule has 0 bridgehead atoms. The number of aryl methyl sites for hydroxylation is 1. The van der Waals surface area contributed by atoms with Gasteiger partial charge >= 0.3 is 0 Å². The van der Waals surface area contributed by atoms with Crippen molar-refractivity contribution < 1.29 is 9.47 Å². The van der Waals surface area contributed by atoms with Crippen molar-refractivity contribution in [1.82, 2.24) is 4.90 Å². The lowest BCUT2D eigenvalue weighted by molar-refractivity contribution is 0.159. The Morgan fingerprint density at radius 2 is 2.05 bits per heavy atom. The minimum atomic E-state index is 0.630. The van der Waals surface area contributed by atoms with Gasteiger partial charge in [-0.1, -0.05) is 6.42 Å². The summed E-state index contributed by atoms with van der Waals surface area (Å²) in [6.07, 6.45) is 6.23. The molecule has 0 saturated carbocycles. The predicted octanol–water partition coefficient (Wildman–Crippen LogP) is 3.09. The summed E-state index contributed by atoms with van der Waals surface area (Å²) < 4.78 is 10.6.